The molecule has 5 rings (SSSR count). The first-order valence-electron chi connectivity index (χ1n) is 9.78. The fraction of sp³-hybridized carbons (Fsp3) is 0.125. The maximum absolute atomic E-state index is 13.2. The highest BCUT2D eigenvalue weighted by Gasteiger charge is 2.18. The summed E-state index contributed by atoms with van der Waals surface area (Å²) in [5.41, 5.74) is 4.25. The van der Waals surface area contributed by atoms with Gasteiger partial charge in [-0.2, -0.15) is 0 Å². The number of halogens is 1. The second-order valence-electron chi connectivity index (χ2n) is 7.21. The predicted octanol–water partition coefficient (Wildman–Crippen LogP) is 4.92. The third-order valence-corrected chi connectivity index (χ3v) is 5.64. The summed E-state index contributed by atoms with van der Waals surface area (Å²) >= 11 is 6.33. The Kier molecular flexibility index (Phi) is 4.92. The molecule has 0 spiro atoms. The molecule has 154 valence electrons. The Balaban J connectivity index is 1.51. The molecule has 2 aromatic heterocycles. The molecule has 1 amide bonds. The highest BCUT2D eigenvalue weighted by atomic mass is 35.5. The zero-order valence-corrected chi connectivity index (χ0v) is 17.4. The first-order chi connectivity index (χ1) is 15.1. The van der Waals surface area contributed by atoms with Crippen molar-refractivity contribution in [2.75, 3.05) is 6.79 Å². The van der Waals surface area contributed by atoms with Crippen molar-refractivity contribution in [3.63, 3.8) is 0 Å². The summed E-state index contributed by atoms with van der Waals surface area (Å²) in [6, 6.07) is 16.6. The van der Waals surface area contributed by atoms with Gasteiger partial charge in [0.1, 0.15) is 0 Å². The molecular formula is C24H18ClN3O3. The van der Waals surface area contributed by atoms with Crippen LogP contribution in [0.25, 0.3) is 22.3 Å². The SMILES string of the molecule is Cc1c(Cl)ccc2c(C(=O)NCc3ccc4c(c3)OCO4)cc(-c3ccccn3)nc12. The van der Waals surface area contributed by atoms with Gasteiger partial charge in [0, 0.05) is 23.2 Å². The van der Waals surface area contributed by atoms with E-state index in [0.29, 0.717) is 45.5 Å². The minimum absolute atomic E-state index is 0.205. The second kappa shape index (κ2) is 7.89. The predicted molar refractivity (Wildman–Crippen MR) is 118 cm³/mol. The number of aromatic nitrogens is 2. The molecule has 2 aromatic carbocycles. The molecule has 31 heavy (non-hydrogen) atoms. The van der Waals surface area contributed by atoms with Crippen LogP contribution in [0.15, 0.2) is 60.8 Å². The number of carbonyl (C=O) groups excluding carboxylic acids is 1. The van der Waals surface area contributed by atoms with E-state index in [1.165, 1.54) is 0 Å². The number of benzene rings is 2. The van der Waals surface area contributed by atoms with Crippen LogP contribution >= 0.6 is 11.6 Å². The normalized spacial score (nSPS) is 12.2. The van der Waals surface area contributed by atoms with Crippen LogP contribution in [0.4, 0.5) is 0 Å². The average Bonchev–Trinajstić information content (AvgIpc) is 3.28. The molecule has 4 aromatic rings. The largest absolute Gasteiger partial charge is 0.454 e. The number of ether oxygens (including phenoxy) is 2. The lowest BCUT2D eigenvalue weighted by atomic mass is 10.0. The Morgan fingerprint density at radius 3 is 2.77 bits per heavy atom. The van der Waals surface area contributed by atoms with E-state index in [0.717, 1.165) is 16.5 Å². The summed E-state index contributed by atoms with van der Waals surface area (Å²) in [6.07, 6.45) is 1.70. The molecule has 7 heteroatoms. The molecule has 0 aliphatic carbocycles. The van der Waals surface area contributed by atoms with E-state index in [9.17, 15) is 4.79 Å². The number of amides is 1. The van der Waals surface area contributed by atoms with E-state index in [4.69, 9.17) is 26.1 Å². The van der Waals surface area contributed by atoms with E-state index >= 15 is 0 Å². The van der Waals surface area contributed by atoms with E-state index in [1.807, 2.05) is 49.4 Å². The highest BCUT2D eigenvalue weighted by Crippen LogP contribution is 2.33. The van der Waals surface area contributed by atoms with Crippen molar-refractivity contribution in [2.24, 2.45) is 0 Å². The molecular weight excluding hydrogens is 414 g/mol. The van der Waals surface area contributed by atoms with Gasteiger partial charge in [-0.25, -0.2) is 4.98 Å². The standard InChI is InChI=1S/C24H18ClN3O3/c1-14-18(25)7-6-16-17(11-20(28-23(14)16)19-4-2-3-9-26-19)24(29)27-12-15-5-8-21-22(10-15)31-13-30-21/h2-11H,12-13H2,1H3,(H,27,29). The molecule has 1 aliphatic heterocycles. The summed E-state index contributed by atoms with van der Waals surface area (Å²) in [7, 11) is 0. The molecule has 1 aliphatic rings. The molecule has 0 bridgehead atoms. The molecule has 6 nitrogen and oxygen atoms in total. The average molecular weight is 432 g/mol. The Morgan fingerprint density at radius 1 is 1.06 bits per heavy atom. The van der Waals surface area contributed by atoms with Crippen molar-refractivity contribution < 1.29 is 14.3 Å². The van der Waals surface area contributed by atoms with Crippen molar-refractivity contribution in [1.82, 2.24) is 15.3 Å². The summed E-state index contributed by atoms with van der Waals surface area (Å²) in [5, 5.41) is 4.34. The lowest BCUT2D eigenvalue weighted by molar-refractivity contribution is 0.0952. The maximum Gasteiger partial charge on any atom is 0.252 e. The summed E-state index contributed by atoms with van der Waals surface area (Å²) in [4.78, 5) is 22.3. The van der Waals surface area contributed by atoms with Gasteiger partial charge in [0.05, 0.1) is 22.5 Å². The first-order valence-corrected chi connectivity index (χ1v) is 10.2. The number of nitrogens with one attached hydrogen (secondary N) is 1. The van der Waals surface area contributed by atoms with E-state index < -0.39 is 0 Å². The number of pyridine rings is 2. The molecule has 0 saturated carbocycles. The Labute approximate surface area is 183 Å². The van der Waals surface area contributed by atoms with Gasteiger partial charge in [-0.15, -0.1) is 0 Å². The smallest absolute Gasteiger partial charge is 0.252 e. The van der Waals surface area contributed by atoms with E-state index in [-0.39, 0.29) is 12.7 Å². The maximum atomic E-state index is 13.2. The van der Waals surface area contributed by atoms with Gasteiger partial charge in [-0.3, -0.25) is 9.78 Å². The fourth-order valence-electron chi connectivity index (χ4n) is 3.57. The number of fused-ring (bicyclic) bond motifs is 2. The van der Waals surface area contributed by atoms with Gasteiger partial charge >= 0.3 is 0 Å². The van der Waals surface area contributed by atoms with Crippen LogP contribution in [-0.2, 0) is 6.54 Å². The number of nitrogens with zero attached hydrogens (tertiary/aromatic N) is 2. The topological polar surface area (TPSA) is 73.3 Å². The minimum atomic E-state index is -0.205. The molecule has 1 N–H and O–H groups in total. The zero-order chi connectivity index (χ0) is 21.4. The fourth-order valence-corrected chi connectivity index (χ4v) is 3.72. The van der Waals surface area contributed by atoms with Crippen LogP contribution in [0.1, 0.15) is 21.5 Å². The number of hydrogen-bond acceptors (Lipinski definition) is 5. The van der Waals surface area contributed by atoms with E-state index in [2.05, 4.69) is 10.3 Å². The van der Waals surface area contributed by atoms with Gasteiger partial charge in [-0.1, -0.05) is 29.8 Å². The summed E-state index contributed by atoms with van der Waals surface area (Å²) < 4.78 is 10.8. The Hall–Kier alpha value is -3.64. The van der Waals surface area contributed by atoms with Gasteiger partial charge in [0.15, 0.2) is 11.5 Å². The van der Waals surface area contributed by atoms with Crippen molar-refractivity contribution in [3.05, 3.63) is 82.5 Å². The van der Waals surface area contributed by atoms with Crippen molar-refractivity contribution in [3.8, 4) is 22.9 Å². The van der Waals surface area contributed by atoms with Crippen molar-refractivity contribution >= 4 is 28.4 Å². The van der Waals surface area contributed by atoms with Crippen LogP contribution < -0.4 is 14.8 Å². The van der Waals surface area contributed by atoms with Crippen molar-refractivity contribution in [1.29, 1.82) is 0 Å². The lowest BCUT2D eigenvalue weighted by Gasteiger charge is -2.13. The molecule has 0 fully saturated rings. The van der Waals surface area contributed by atoms with Crippen LogP contribution in [-0.4, -0.2) is 22.7 Å². The second-order valence-corrected chi connectivity index (χ2v) is 7.62. The van der Waals surface area contributed by atoms with E-state index in [1.54, 1.807) is 18.3 Å². The molecule has 0 atom stereocenters. The quantitative estimate of drug-likeness (QED) is 0.496. The third-order valence-electron chi connectivity index (χ3n) is 5.23. The zero-order valence-electron chi connectivity index (χ0n) is 16.7. The summed E-state index contributed by atoms with van der Waals surface area (Å²) in [5.74, 6) is 1.19. The third kappa shape index (κ3) is 3.66. The van der Waals surface area contributed by atoms with Gasteiger partial charge in [0.2, 0.25) is 6.79 Å². The van der Waals surface area contributed by atoms with Gasteiger partial charge < -0.3 is 14.8 Å². The van der Waals surface area contributed by atoms with Crippen molar-refractivity contribution in [2.45, 2.75) is 13.5 Å². The molecule has 0 saturated heterocycles. The van der Waals surface area contributed by atoms with Gasteiger partial charge in [-0.05, 0) is 54.4 Å². The summed E-state index contributed by atoms with van der Waals surface area (Å²) in [6.45, 7) is 2.46. The van der Waals surface area contributed by atoms with Crippen LogP contribution in [0, 0.1) is 6.92 Å². The number of hydrogen-bond donors (Lipinski definition) is 1. The van der Waals surface area contributed by atoms with Crippen LogP contribution in [0.2, 0.25) is 5.02 Å². The van der Waals surface area contributed by atoms with Crippen LogP contribution in [0.5, 0.6) is 11.5 Å². The van der Waals surface area contributed by atoms with Gasteiger partial charge in [0.25, 0.3) is 5.91 Å². The number of rotatable bonds is 4. The molecule has 0 radical (unpaired) electrons. The lowest BCUT2D eigenvalue weighted by Crippen LogP contribution is -2.23. The molecule has 3 heterocycles. The number of aryl methyl sites for hydroxylation is 1. The highest BCUT2D eigenvalue weighted by molar-refractivity contribution is 6.32. The molecule has 0 unspecified atom stereocenters. The minimum Gasteiger partial charge on any atom is -0.454 e. The first kappa shape index (κ1) is 19.3. The van der Waals surface area contributed by atoms with Crippen LogP contribution in [0.3, 0.4) is 0 Å². The Morgan fingerprint density at radius 2 is 1.94 bits per heavy atom. The Bertz CT molecular complexity index is 1310. The number of carbonyl (C=O) groups is 1. The monoisotopic (exact) mass is 431 g/mol.